The Morgan fingerprint density at radius 2 is 1.86 bits per heavy atom. The zero-order chi connectivity index (χ0) is 20.2. The molecule has 2 aromatic carbocycles. The summed E-state index contributed by atoms with van der Waals surface area (Å²) in [6.07, 6.45) is 3.04. The summed E-state index contributed by atoms with van der Waals surface area (Å²) in [4.78, 5) is 12.7. The average Bonchev–Trinajstić information content (AvgIpc) is 3.18. The molecule has 0 aliphatic heterocycles. The van der Waals surface area contributed by atoms with Crippen LogP contribution in [0.25, 0.3) is 0 Å². The van der Waals surface area contributed by atoms with Crippen LogP contribution in [0.4, 0.5) is 0 Å². The normalized spacial score (nSPS) is 16.8. The van der Waals surface area contributed by atoms with Crippen molar-refractivity contribution in [2.24, 2.45) is 0 Å². The van der Waals surface area contributed by atoms with Crippen LogP contribution in [-0.4, -0.2) is 10.1 Å². The van der Waals surface area contributed by atoms with Crippen molar-refractivity contribution in [1.82, 2.24) is 5.32 Å². The maximum absolute atomic E-state index is 12.7. The van der Waals surface area contributed by atoms with E-state index in [9.17, 15) is 9.00 Å². The average molecular weight is 408 g/mol. The molecule has 0 bridgehead atoms. The van der Waals surface area contributed by atoms with Crippen LogP contribution in [0.3, 0.4) is 0 Å². The van der Waals surface area contributed by atoms with Crippen molar-refractivity contribution in [3.8, 4) is 0 Å². The van der Waals surface area contributed by atoms with E-state index in [2.05, 4.69) is 17.4 Å². The summed E-state index contributed by atoms with van der Waals surface area (Å²) >= 11 is 0. The summed E-state index contributed by atoms with van der Waals surface area (Å²) in [5.74, 6) is 1.40. The van der Waals surface area contributed by atoms with Gasteiger partial charge >= 0.3 is 0 Å². The van der Waals surface area contributed by atoms with Crippen molar-refractivity contribution in [1.29, 1.82) is 0 Å². The van der Waals surface area contributed by atoms with E-state index >= 15 is 0 Å². The number of aryl methyl sites for hydroxylation is 2. The molecule has 4 rings (SSSR count). The van der Waals surface area contributed by atoms with E-state index in [1.54, 1.807) is 12.1 Å². The number of carbonyl (C=O) groups is 1. The number of furan rings is 1. The van der Waals surface area contributed by atoms with Crippen LogP contribution in [-0.2, 0) is 28.7 Å². The van der Waals surface area contributed by atoms with E-state index in [0.29, 0.717) is 17.3 Å². The van der Waals surface area contributed by atoms with Crippen LogP contribution < -0.4 is 5.32 Å². The smallest absolute Gasteiger partial charge is 0.287 e. The molecule has 1 N–H and O–H groups in total. The minimum Gasteiger partial charge on any atom is -0.455 e. The summed E-state index contributed by atoms with van der Waals surface area (Å²) < 4.78 is 18.1. The maximum Gasteiger partial charge on any atom is 0.287 e. The number of rotatable bonds is 6. The largest absolute Gasteiger partial charge is 0.455 e. The molecule has 1 aromatic heterocycles. The Balaban J connectivity index is 1.37. The predicted molar refractivity (Wildman–Crippen MR) is 115 cm³/mol. The number of amides is 1. The highest BCUT2D eigenvalue weighted by Gasteiger charge is 2.23. The molecule has 1 heterocycles. The van der Waals surface area contributed by atoms with Crippen LogP contribution in [0.5, 0.6) is 0 Å². The lowest BCUT2D eigenvalue weighted by Gasteiger charge is -2.25. The van der Waals surface area contributed by atoms with Gasteiger partial charge < -0.3 is 9.73 Å². The second-order valence-electron chi connectivity index (χ2n) is 7.60. The lowest BCUT2D eigenvalue weighted by Crippen LogP contribution is -2.30. The molecule has 29 heavy (non-hydrogen) atoms. The number of hydrogen-bond acceptors (Lipinski definition) is 3. The maximum atomic E-state index is 12.7. The van der Waals surface area contributed by atoms with Gasteiger partial charge in [-0.1, -0.05) is 54.1 Å². The Bertz CT molecular complexity index is 1020. The Morgan fingerprint density at radius 1 is 1.07 bits per heavy atom. The molecule has 0 fully saturated rings. The fourth-order valence-electron chi connectivity index (χ4n) is 3.79. The number of hydrogen-bond donors (Lipinski definition) is 1. The molecule has 1 aliphatic carbocycles. The fourth-order valence-corrected chi connectivity index (χ4v) is 4.93. The van der Waals surface area contributed by atoms with Crippen LogP contribution in [0.15, 0.2) is 65.1 Å². The van der Waals surface area contributed by atoms with Gasteiger partial charge in [0.2, 0.25) is 0 Å². The lowest BCUT2D eigenvalue weighted by molar-refractivity contribution is 0.0903. The van der Waals surface area contributed by atoms with Gasteiger partial charge in [0, 0.05) is 16.6 Å². The molecule has 1 amide bonds. The van der Waals surface area contributed by atoms with Gasteiger partial charge in [-0.05, 0) is 55.0 Å². The third-order valence-electron chi connectivity index (χ3n) is 5.31. The van der Waals surface area contributed by atoms with E-state index in [-0.39, 0.29) is 17.7 Å². The molecule has 3 aromatic rings. The molecule has 0 spiro atoms. The molecule has 2 atom stereocenters. The molecule has 0 radical (unpaired) electrons. The Morgan fingerprint density at radius 3 is 2.69 bits per heavy atom. The number of fused-ring (bicyclic) bond motifs is 1. The zero-order valence-corrected chi connectivity index (χ0v) is 17.3. The first-order valence-corrected chi connectivity index (χ1v) is 11.5. The second kappa shape index (κ2) is 8.78. The molecular weight excluding hydrogens is 382 g/mol. The SMILES string of the molecule is Cc1ccc(C[S@@](=O)Cc2ccc(C(=O)N[C@H]3CCCc4ccccc43)o2)cc1. The van der Waals surface area contributed by atoms with Crippen LogP contribution in [0, 0.1) is 6.92 Å². The molecule has 0 saturated carbocycles. The van der Waals surface area contributed by atoms with Crippen molar-refractivity contribution in [2.75, 3.05) is 0 Å². The summed E-state index contributed by atoms with van der Waals surface area (Å²) in [5.41, 5.74) is 4.71. The van der Waals surface area contributed by atoms with E-state index in [1.165, 1.54) is 16.7 Å². The van der Waals surface area contributed by atoms with Gasteiger partial charge in [0.15, 0.2) is 5.76 Å². The van der Waals surface area contributed by atoms with Crippen molar-refractivity contribution in [2.45, 2.75) is 43.7 Å². The monoisotopic (exact) mass is 407 g/mol. The molecule has 0 saturated heterocycles. The minimum absolute atomic E-state index is 0.0108. The summed E-state index contributed by atoms with van der Waals surface area (Å²) in [7, 11) is -1.09. The van der Waals surface area contributed by atoms with Crippen LogP contribution >= 0.6 is 0 Å². The van der Waals surface area contributed by atoms with E-state index in [0.717, 1.165) is 24.8 Å². The first-order chi connectivity index (χ1) is 14.1. The molecule has 4 nitrogen and oxygen atoms in total. The Kier molecular flexibility index (Phi) is 5.95. The highest BCUT2D eigenvalue weighted by Crippen LogP contribution is 2.29. The quantitative estimate of drug-likeness (QED) is 0.636. The van der Waals surface area contributed by atoms with Crippen molar-refractivity contribution < 1.29 is 13.4 Å². The topological polar surface area (TPSA) is 59.3 Å². The summed E-state index contributed by atoms with van der Waals surface area (Å²) in [5, 5.41) is 3.09. The first-order valence-electron chi connectivity index (χ1n) is 9.96. The highest BCUT2D eigenvalue weighted by molar-refractivity contribution is 7.83. The molecule has 150 valence electrons. The highest BCUT2D eigenvalue weighted by atomic mass is 32.2. The van der Waals surface area contributed by atoms with Gasteiger partial charge in [-0.15, -0.1) is 0 Å². The van der Waals surface area contributed by atoms with Crippen LogP contribution in [0.1, 0.15) is 57.5 Å². The van der Waals surface area contributed by atoms with Crippen molar-refractivity contribution in [3.63, 3.8) is 0 Å². The lowest BCUT2D eigenvalue weighted by atomic mass is 9.88. The summed E-state index contributed by atoms with van der Waals surface area (Å²) in [6, 6.07) is 19.7. The summed E-state index contributed by atoms with van der Waals surface area (Å²) in [6.45, 7) is 2.03. The van der Waals surface area contributed by atoms with E-state index in [4.69, 9.17) is 4.42 Å². The standard InChI is InChI=1S/C24H25NO3S/c1-17-9-11-18(12-10-17)15-29(27)16-20-13-14-23(28-20)24(26)25-22-8-4-6-19-5-2-3-7-21(19)22/h2-3,5,7,9-14,22H,4,6,8,15-16H2,1H3,(H,25,26)/t22-,29+/m0/s1. The number of carbonyl (C=O) groups excluding carboxylic acids is 1. The third kappa shape index (κ3) is 4.85. The molecule has 1 aliphatic rings. The third-order valence-corrected chi connectivity index (χ3v) is 6.57. The van der Waals surface area contributed by atoms with Crippen molar-refractivity contribution >= 4 is 16.7 Å². The predicted octanol–water partition coefficient (Wildman–Crippen LogP) is 4.84. The molecule has 0 unspecified atom stereocenters. The van der Waals surface area contributed by atoms with Gasteiger partial charge in [-0.25, -0.2) is 0 Å². The number of benzene rings is 2. The zero-order valence-electron chi connectivity index (χ0n) is 16.5. The van der Waals surface area contributed by atoms with Gasteiger partial charge in [-0.2, -0.15) is 0 Å². The number of nitrogens with one attached hydrogen (secondary N) is 1. The second-order valence-corrected chi connectivity index (χ2v) is 9.05. The van der Waals surface area contributed by atoms with Crippen molar-refractivity contribution in [3.05, 3.63) is 94.4 Å². The van der Waals surface area contributed by atoms with Gasteiger partial charge in [-0.3, -0.25) is 9.00 Å². The molecular formula is C24H25NO3S. The van der Waals surface area contributed by atoms with Gasteiger partial charge in [0.25, 0.3) is 5.91 Å². The minimum atomic E-state index is -1.09. The van der Waals surface area contributed by atoms with E-state index < -0.39 is 10.8 Å². The van der Waals surface area contributed by atoms with Crippen LogP contribution in [0.2, 0.25) is 0 Å². The van der Waals surface area contributed by atoms with E-state index in [1.807, 2.05) is 43.3 Å². The van der Waals surface area contributed by atoms with Gasteiger partial charge in [0.1, 0.15) is 5.76 Å². The Labute approximate surface area is 173 Å². The van der Waals surface area contributed by atoms with Gasteiger partial charge in [0.05, 0.1) is 11.8 Å². The Hall–Kier alpha value is -2.66. The fraction of sp³-hybridized carbons (Fsp3) is 0.292. The molecule has 5 heteroatoms. The first kappa shape index (κ1) is 19.6.